The van der Waals surface area contributed by atoms with Crippen LogP contribution in [0.3, 0.4) is 0 Å². The minimum Gasteiger partial charge on any atom is -0.493 e. The van der Waals surface area contributed by atoms with Crippen LogP contribution in [0, 0.1) is 5.92 Å². The van der Waals surface area contributed by atoms with Gasteiger partial charge in [-0.15, -0.1) is 0 Å². The van der Waals surface area contributed by atoms with E-state index < -0.39 is 0 Å². The zero-order valence-corrected chi connectivity index (χ0v) is 19.9. The van der Waals surface area contributed by atoms with Crippen molar-refractivity contribution in [2.75, 3.05) is 41.5 Å². The number of methoxy groups -OCH3 is 4. The number of carbonyl (C=O) groups excluding carboxylic acids is 1. The van der Waals surface area contributed by atoms with Gasteiger partial charge >= 0.3 is 0 Å². The van der Waals surface area contributed by atoms with Crippen molar-refractivity contribution in [2.24, 2.45) is 5.92 Å². The van der Waals surface area contributed by atoms with Crippen LogP contribution in [0.1, 0.15) is 51.5 Å². The van der Waals surface area contributed by atoms with Gasteiger partial charge in [-0.05, 0) is 56.2 Å². The molecule has 1 amide bonds. The molecule has 2 saturated heterocycles. The zero-order chi connectivity index (χ0) is 22.6. The zero-order valence-electron chi connectivity index (χ0n) is 19.9. The lowest BCUT2D eigenvalue weighted by atomic mass is 9.87. The van der Waals surface area contributed by atoms with E-state index in [1.165, 1.54) is 0 Å². The SMILES string of the molecule is CCC(CC)(OC)C1CCCN1N1CCC(Cc2cc(OC)c(OC)c(OC)c2)C1=O. The molecule has 2 aliphatic rings. The lowest BCUT2D eigenvalue weighted by Crippen LogP contribution is -2.57. The van der Waals surface area contributed by atoms with Crippen molar-refractivity contribution in [3.63, 3.8) is 0 Å². The molecule has 0 spiro atoms. The van der Waals surface area contributed by atoms with Crippen LogP contribution in [0.2, 0.25) is 0 Å². The molecule has 2 atom stereocenters. The molecule has 1 aromatic rings. The van der Waals surface area contributed by atoms with Gasteiger partial charge in [0, 0.05) is 26.1 Å². The highest BCUT2D eigenvalue weighted by molar-refractivity contribution is 5.81. The second-order valence-corrected chi connectivity index (χ2v) is 8.48. The standard InChI is InChI=1S/C24H38N2O5/c1-7-24(8-2,31-6)21-10-9-12-25(21)26-13-11-18(23(26)27)14-17-15-19(28-3)22(30-5)20(16-17)29-4/h15-16,18,21H,7-14H2,1-6H3. The van der Waals surface area contributed by atoms with E-state index in [0.717, 1.165) is 50.8 Å². The highest BCUT2D eigenvalue weighted by atomic mass is 16.5. The maximum absolute atomic E-state index is 13.4. The van der Waals surface area contributed by atoms with Gasteiger partial charge in [0.1, 0.15) is 0 Å². The van der Waals surface area contributed by atoms with Crippen molar-refractivity contribution >= 4 is 5.91 Å². The van der Waals surface area contributed by atoms with E-state index in [2.05, 4.69) is 18.9 Å². The number of hydrogen-bond donors (Lipinski definition) is 0. The van der Waals surface area contributed by atoms with Crippen LogP contribution >= 0.6 is 0 Å². The molecule has 0 radical (unpaired) electrons. The Morgan fingerprint density at radius 2 is 1.61 bits per heavy atom. The topological polar surface area (TPSA) is 60.5 Å². The van der Waals surface area contributed by atoms with E-state index in [-0.39, 0.29) is 23.5 Å². The fourth-order valence-electron chi connectivity index (χ4n) is 5.43. The Balaban J connectivity index is 1.77. The molecule has 174 valence electrons. The molecule has 31 heavy (non-hydrogen) atoms. The lowest BCUT2D eigenvalue weighted by Gasteiger charge is -2.44. The Kier molecular flexibility index (Phi) is 7.70. The van der Waals surface area contributed by atoms with Crippen LogP contribution in [0.4, 0.5) is 0 Å². The fourth-order valence-corrected chi connectivity index (χ4v) is 5.43. The minimum absolute atomic E-state index is 0.0516. The van der Waals surface area contributed by atoms with Gasteiger partial charge in [0.2, 0.25) is 11.7 Å². The van der Waals surface area contributed by atoms with Gasteiger partial charge in [-0.2, -0.15) is 0 Å². The Morgan fingerprint density at radius 1 is 0.968 bits per heavy atom. The number of carbonyl (C=O) groups is 1. The minimum atomic E-state index is -0.203. The average Bonchev–Trinajstić information content (AvgIpc) is 3.42. The van der Waals surface area contributed by atoms with E-state index in [1.54, 1.807) is 21.3 Å². The Hall–Kier alpha value is -1.99. The molecule has 2 heterocycles. The van der Waals surface area contributed by atoms with Crippen LogP contribution in [0.15, 0.2) is 12.1 Å². The summed E-state index contributed by atoms with van der Waals surface area (Å²) in [5.74, 6) is 1.97. The molecule has 0 bridgehead atoms. The quantitative estimate of drug-likeness (QED) is 0.560. The first-order valence-corrected chi connectivity index (χ1v) is 11.4. The Morgan fingerprint density at radius 3 is 2.13 bits per heavy atom. The van der Waals surface area contributed by atoms with Crippen molar-refractivity contribution in [2.45, 2.75) is 64.0 Å². The molecule has 1 aromatic carbocycles. The number of hydrogen-bond acceptors (Lipinski definition) is 6. The average molecular weight is 435 g/mol. The van der Waals surface area contributed by atoms with Gasteiger partial charge in [0.05, 0.1) is 33.0 Å². The summed E-state index contributed by atoms with van der Waals surface area (Å²) < 4.78 is 22.4. The predicted octanol–water partition coefficient (Wildman–Crippen LogP) is 3.69. The van der Waals surface area contributed by atoms with Crippen LogP contribution in [-0.4, -0.2) is 69.1 Å². The first-order valence-electron chi connectivity index (χ1n) is 11.4. The lowest BCUT2D eigenvalue weighted by molar-refractivity contribution is -0.162. The van der Waals surface area contributed by atoms with Gasteiger partial charge in [-0.25, -0.2) is 5.01 Å². The number of ether oxygens (including phenoxy) is 4. The molecule has 0 N–H and O–H groups in total. The number of hydrazine groups is 1. The second-order valence-electron chi connectivity index (χ2n) is 8.48. The summed E-state index contributed by atoms with van der Waals surface area (Å²) >= 11 is 0. The predicted molar refractivity (Wildman–Crippen MR) is 120 cm³/mol. The smallest absolute Gasteiger partial charge is 0.240 e. The molecule has 7 heteroatoms. The molecule has 2 fully saturated rings. The summed E-state index contributed by atoms with van der Waals surface area (Å²) in [6.07, 6.45) is 5.54. The van der Waals surface area contributed by atoms with E-state index in [9.17, 15) is 4.79 Å². The molecule has 0 aromatic heterocycles. The van der Waals surface area contributed by atoms with Crippen LogP contribution in [0.5, 0.6) is 17.2 Å². The van der Waals surface area contributed by atoms with Gasteiger partial charge in [0.25, 0.3) is 0 Å². The third-order valence-corrected chi connectivity index (χ3v) is 7.24. The second kappa shape index (κ2) is 10.1. The third kappa shape index (κ3) is 4.35. The number of benzene rings is 1. The van der Waals surface area contributed by atoms with Gasteiger partial charge in [-0.1, -0.05) is 13.8 Å². The van der Waals surface area contributed by atoms with Crippen LogP contribution in [-0.2, 0) is 16.0 Å². The van der Waals surface area contributed by atoms with E-state index in [1.807, 2.05) is 24.3 Å². The summed E-state index contributed by atoms with van der Waals surface area (Å²) in [7, 11) is 6.63. The molecular formula is C24H38N2O5. The van der Waals surface area contributed by atoms with Gasteiger partial charge < -0.3 is 18.9 Å². The summed E-state index contributed by atoms with van der Waals surface area (Å²) in [5, 5.41) is 4.30. The highest BCUT2D eigenvalue weighted by Crippen LogP contribution is 2.40. The van der Waals surface area contributed by atoms with Crippen LogP contribution in [0.25, 0.3) is 0 Å². The first kappa shape index (κ1) is 23.7. The van der Waals surface area contributed by atoms with Crippen molar-refractivity contribution < 1.29 is 23.7 Å². The van der Waals surface area contributed by atoms with Crippen molar-refractivity contribution in [1.82, 2.24) is 10.0 Å². The monoisotopic (exact) mass is 434 g/mol. The maximum Gasteiger partial charge on any atom is 0.240 e. The molecule has 2 unspecified atom stereocenters. The Bertz CT molecular complexity index is 731. The molecule has 7 nitrogen and oxygen atoms in total. The van der Waals surface area contributed by atoms with Gasteiger partial charge in [-0.3, -0.25) is 9.80 Å². The number of rotatable bonds is 10. The number of nitrogens with zero attached hydrogens (tertiary/aromatic N) is 2. The molecule has 0 aliphatic carbocycles. The van der Waals surface area contributed by atoms with Crippen molar-refractivity contribution in [1.29, 1.82) is 0 Å². The summed E-state index contributed by atoms with van der Waals surface area (Å²) in [6.45, 7) is 6.04. The molecular weight excluding hydrogens is 396 g/mol. The molecule has 0 saturated carbocycles. The fraction of sp³-hybridized carbons (Fsp3) is 0.708. The number of amides is 1. The van der Waals surface area contributed by atoms with E-state index >= 15 is 0 Å². The summed E-state index contributed by atoms with van der Waals surface area (Å²) in [6, 6.07) is 4.14. The van der Waals surface area contributed by atoms with Gasteiger partial charge in [0.15, 0.2) is 11.5 Å². The maximum atomic E-state index is 13.4. The van der Waals surface area contributed by atoms with Crippen LogP contribution < -0.4 is 14.2 Å². The normalized spacial score (nSPS) is 22.3. The Labute approximate surface area is 186 Å². The van der Waals surface area contributed by atoms with E-state index in [4.69, 9.17) is 18.9 Å². The van der Waals surface area contributed by atoms with Crippen molar-refractivity contribution in [3.8, 4) is 17.2 Å². The molecule has 2 aliphatic heterocycles. The highest BCUT2D eigenvalue weighted by Gasteiger charge is 2.47. The summed E-state index contributed by atoms with van der Waals surface area (Å²) in [5.41, 5.74) is 0.812. The molecule has 3 rings (SSSR count). The third-order valence-electron chi connectivity index (χ3n) is 7.24. The largest absolute Gasteiger partial charge is 0.493 e. The van der Waals surface area contributed by atoms with E-state index in [0.29, 0.717) is 23.7 Å². The first-order chi connectivity index (χ1) is 15.0. The summed E-state index contributed by atoms with van der Waals surface area (Å²) in [4.78, 5) is 13.4. The van der Waals surface area contributed by atoms with Crippen molar-refractivity contribution in [3.05, 3.63) is 17.7 Å².